The number of hydrogen-bond acceptors (Lipinski definition) is 3. The minimum Gasteiger partial charge on any atom is -0.396 e. The van der Waals surface area contributed by atoms with Crippen LogP contribution in [0.2, 0.25) is 0 Å². The Morgan fingerprint density at radius 1 is 1.21 bits per heavy atom. The van der Waals surface area contributed by atoms with Crippen molar-refractivity contribution in [3.8, 4) is 6.07 Å². The Morgan fingerprint density at radius 2 is 1.89 bits per heavy atom. The molecule has 0 fully saturated rings. The largest absolute Gasteiger partial charge is 0.396 e. The van der Waals surface area contributed by atoms with Crippen molar-refractivity contribution in [3.05, 3.63) is 59.4 Å². The van der Waals surface area contributed by atoms with Gasteiger partial charge in [0.1, 0.15) is 5.82 Å². The molecule has 2 rings (SSSR count). The van der Waals surface area contributed by atoms with Crippen LogP contribution in [0.15, 0.2) is 42.5 Å². The van der Waals surface area contributed by atoms with Crippen molar-refractivity contribution in [1.29, 1.82) is 5.26 Å². The lowest BCUT2D eigenvalue weighted by Crippen LogP contribution is -2.16. The monoisotopic (exact) mass is 255 g/mol. The summed E-state index contributed by atoms with van der Waals surface area (Å²) < 4.78 is 13.4. The first-order valence-corrected chi connectivity index (χ1v) is 5.85. The van der Waals surface area contributed by atoms with E-state index in [9.17, 15) is 4.39 Å². The minimum atomic E-state index is -0.397. The number of benzene rings is 2. The number of nitrogens with zero attached hydrogens (tertiary/aromatic N) is 2. The maximum atomic E-state index is 13.4. The Labute approximate surface area is 111 Å². The summed E-state index contributed by atoms with van der Waals surface area (Å²) >= 11 is 0. The van der Waals surface area contributed by atoms with E-state index in [0.717, 1.165) is 11.3 Å². The molecule has 3 nitrogen and oxygen atoms in total. The highest BCUT2D eigenvalue weighted by molar-refractivity contribution is 5.50. The van der Waals surface area contributed by atoms with Crippen molar-refractivity contribution in [2.75, 3.05) is 17.7 Å². The molecule has 0 unspecified atom stereocenters. The van der Waals surface area contributed by atoms with E-state index in [-0.39, 0.29) is 5.69 Å². The number of hydrogen-bond donors (Lipinski definition) is 1. The quantitative estimate of drug-likeness (QED) is 0.858. The van der Waals surface area contributed by atoms with E-state index in [1.54, 1.807) is 24.3 Å². The van der Waals surface area contributed by atoms with Gasteiger partial charge in [0.05, 0.1) is 17.3 Å². The van der Waals surface area contributed by atoms with Crippen molar-refractivity contribution in [3.63, 3.8) is 0 Å². The van der Waals surface area contributed by atoms with E-state index in [2.05, 4.69) is 6.07 Å². The summed E-state index contributed by atoms with van der Waals surface area (Å²) in [4.78, 5) is 1.98. The first-order chi connectivity index (χ1) is 9.10. The zero-order chi connectivity index (χ0) is 13.8. The van der Waals surface area contributed by atoms with Crippen LogP contribution >= 0.6 is 0 Å². The highest BCUT2D eigenvalue weighted by Gasteiger charge is 2.05. The van der Waals surface area contributed by atoms with Crippen LogP contribution < -0.4 is 10.6 Å². The molecule has 0 heterocycles. The molecular weight excluding hydrogens is 241 g/mol. The summed E-state index contributed by atoms with van der Waals surface area (Å²) in [5.41, 5.74) is 8.04. The van der Waals surface area contributed by atoms with Crippen LogP contribution in [-0.2, 0) is 6.54 Å². The van der Waals surface area contributed by atoms with Gasteiger partial charge in [-0.1, -0.05) is 6.07 Å². The van der Waals surface area contributed by atoms with Crippen LogP contribution in [0.5, 0.6) is 0 Å². The van der Waals surface area contributed by atoms with Gasteiger partial charge >= 0.3 is 0 Å². The Morgan fingerprint density at radius 3 is 2.47 bits per heavy atom. The van der Waals surface area contributed by atoms with Crippen molar-refractivity contribution >= 4 is 11.4 Å². The van der Waals surface area contributed by atoms with Crippen LogP contribution in [0.25, 0.3) is 0 Å². The van der Waals surface area contributed by atoms with Crippen LogP contribution in [0, 0.1) is 17.1 Å². The summed E-state index contributed by atoms with van der Waals surface area (Å²) in [5.74, 6) is -0.397. The fourth-order valence-electron chi connectivity index (χ4n) is 1.82. The van der Waals surface area contributed by atoms with E-state index in [0.29, 0.717) is 12.1 Å². The molecule has 0 atom stereocenters. The standard InChI is InChI=1S/C15H14FN3/c1-19(13-5-2-11(9-17)3-6-13)10-12-4-7-15(18)14(16)8-12/h2-8H,10,18H2,1H3. The van der Waals surface area contributed by atoms with E-state index in [1.165, 1.54) is 6.07 Å². The predicted octanol–water partition coefficient (Wildman–Crippen LogP) is 2.92. The Bertz CT molecular complexity index is 614. The van der Waals surface area contributed by atoms with Gasteiger partial charge in [-0.3, -0.25) is 0 Å². The zero-order valence-electron chi connectivity index (χ0n) is 10.6. The molecule has 0 aromatic heterocycles. The van der Waals surface area contributed by atoms with Gasteiger partial charge in [-0.15, -0.1) is 0 Å². The van der Waals surface area contributed by atoms with Crippen molar-refractivity contribution in [2.24, 2.45) is 0 Å². The molecule has 2 aromatic rings. The van der Waals surface area contributed by atoms with E-state index < -0.39 is 5.82 Å². The number of nitrogens with two attached hydrogens (primary N) is 1. The van der Waals surface area contributed by atoms with Crippen molar-refractivity contribution in [2.45, 2.75) is 6.54 Å². The number of nitrogen functional groups attached to an aromatic ring is 1. The number of rotatable bonds is 3. The molecule has 0 aliphatic rings. The molecular formula is C15H14FN3. The summed E-state index contributed by atoms with van der Waals surface area (Å²) in [6.45, 7) is 0.573. The van der Waals surface area contributed by atoms with Gasteiger partial charge in [-0.05, 0) is 42.0 Å². The normalized spacial score (nSPS) is 9.95. The highest BCUT2D eigenvalue weighted by Crippen LogP contribution is 2.18. The Kier molecular flexibility index (Phi) is 3.67. The molecule has 0 aliphatic heterocycles. The van der Waals surface area contributed by atoms with Crippen LogP contribution in [-0.4, -0.2) is 7.05 Å². The molecule has 19 heavy (non-hydrogen) atoms. The summed E-state index contributed by atoms with van der Waals surface area (Å²) in [6, 6.07) is 14.1. The molecule has 2 N–H and O–H groups in total. The number of anilines is 2. The van der Waals surface area contributed by atoms with Crippen LogP contribution in [0.3, 0.4) is 0 Å². The molecule has 0 aliphatic carbocycles. The first kappa shape index (κ1) is 12.9. The second-order valence-electron chi connectivity index (χ2n) is 4.37. The van der Waals surface area contributed by atoms with E-state index >= 15 is 0 Å². The van der Waals surface area contributed by atoms with Crippen molar-refractivity contribution in [1.82, 2.24) is 0 Å². The van der Waals surface area contributed by atoms with Crippen LogP contribution in [0.4, 0.5) is 15.8 Å². The Balaban J connectivity index is 2.13. The molecule has 0 spiro atoms. The maximum Gasteiger partial charge on any atom is 0.146 e. The van der Waals surface area contributed by atoms with Gasteiger partial charge in [-0.25, -0.2) is 4.39 Å². The SMILES string of the molecule is CN(Cc1ccc(N)c(F)c1)c1ccc(C#N)cc1. The predicted molar refractivity (Wildman–Crippen MR) is 74.1 cm³/mol. The molecule has 0 radical (unpaired) electrons. The van der Waals surface area contributed by atoms with Gasteiger partial charge < -0.3 is 10.6 Å². The van der Waals surface area contributed by atoms with Crippen molar-refractivity contribution < 1.29 is 4.39 Å². The minimum absolute atomic E-state index is 0.157. The average molecular weight is 255 g/mol. The third-order valence-electron chi connectivity index (χ3n) is 2.92. The van der Waals surface area contributed by atoms with Gasteiger partial charge in [0, 0.05) is 19.3 Å². The molecule has 0 bridgehead atoms. The molecule has 0 saturated carbocycles. The maximum absolute atomic E-state index is 13.4. The fraction of sp³-hybridized carbons (Fsp3) is 0.133. The van der Waals surface area contributed by atoms with Gasteiger partial charge in [0.15, 0.2) is 0 Å². The molecule has 96 valence electrons. The van der Waals surface area contributed by atoms with Gasteiger partial charge in [-0.2, -0.15) is 5.26 Å². The first-order valence-electron chi connectivity index (χ1n) is 5.85. The summed E-state index contributed by atoms with van der Waals surface area (Å²) in [5, 5.41) is 8.74. The average Bonchev–Trinajstić information content (AvgIpc) is 2.43. The second-order valence-corrected chi connectivity index (χ2v) is 4.37. The lowest BCUT2D eigenvalue weighted by Gasteiger charge is -2.19. The van der Waals surface area contributed by atoms with E-state index in [1.807, 2.05) is 24.1 Å². The lowest BCUT2D eigenvalue weighted by atomic mass is 10.1. The summed E-state index contributed by atoms with van der Waals surface area (Å²) in [7, 11) is 1.91. The molecule has 0 saturated heterocycles. The second kappa shape index (κ2) is 5.40. The fourth-order valence-corrected chi connectivity index (χ4v) is 1.82. The zero-order valence-corrected chi connectivity index (χ0v) is 10.6. The topological polar surface area (TPSA) is 53.0 Å². The van der Waals surface area contributed by atoms with Gasteiger partial charge in [0.2, 0.25) is 0 Å². The van der Waals surface area contributed by atoms with Crippen LogP contribution in [0.1, 0.15) is 11.1 Å². The smallest absolute Gasteiger partial charge is 0.146 e. The molecule has 2 aromatic carbocycles. The third kappa shape index (κ3) is 3.02. The third-order valence-corrected chi connectivity index (χ3v) is 2.92. The van der Waals surface area contributed by atoms with Gasteiger partial charge in [0.25, 0.3) is 0 Å². The molecule has 0 amide bonds. The number of nitriles is 1. The molecule has 4 heteroatoms. The summed E-state index contributed by atoms with van der Waals surface area (Å²) in [6.07, 6.45) is 0. The highest BCUT2D eigenvalue weighted by atomic mass is 19.1. The lowest BCUT2D eigenvalue weighted by molar-refractivity contribution is 0.630. The number of halogens is 1. The Hall–Kier alpha value is -2.54. The van der Waals surface area contributed by atoms with E-state index in [4.69, 9.17) is 11.0 Å².